The topological polar surface area (TPSA) is 32.3 Å². The van der Waals surface area contributed by atoms with Crippen molar-refractivity contribution in [3.8, 4) is 0 Å². The number of rotatable bonds is 17. The summed E-state index contributed by atoms with van der Waals surface area (Å²) < 4.78 is 0. The molecule has 2 N–H and O–H groups in total. The van der Waals surface area contributed by atoms with Crippen LogP contribution in [0.4, 0.5) is 0 Å². The summed E-state index contributed by atoms with van der Waals surface area (Å²) in [6, 6.07) is 0. The van der Waals surface area contributed by atoms with Gasteiger partial charge < -0.3 is 10.4 Å². The van der Waals surface area contributed by atoms with E-state index in [2.05, 4.69) is 12.2 Å². The Hall–Kier alpha value is -0.0800. The molecule has 0 aliphatic carbocycles. The molecule has 2 nitrogen and oxygen atoms in total. The molecule has 0 aromatic rings. The maximum absolute atomic E-state index is 9.57. The Bertz CT molecular complexity index is 210. The zero-order valence-corrected chi connectivity index (χ0v) is 15.8. The van der Waals surface area contributed by atoms with E-state index in [4.69, 9.17) is 0 Å². The fraction of sp³-hybridized carbons (Fsp3) is 1.00. The summed E-state index contributed by atoms with van der Waals surface area (Å²) in [4.78, 5) is 0. The molecule has 0 amide bonds. The van der Waals surface area contributed by atoms with E-state index in [1.54, 1.807) is 0 Å². The van der Waals surface area contributed by atoms with Crippen molar-refractivity contribution in [1.29, 1.82) is 0 Å². The molecule has 2 heteroatoms. The SMILES string of the molecule is CCCCCCCCCCCCCCCCNCC(C)(C)O. The number of nitrogens with one attached hydrogen (secondary N) is 1. The van der Waals surface area contributed by atoms with Crippen LogP contribution in [-0.4, -0.2) is 23.8 Å². The highest BCUT2D eigenvalue weighted by Crippen LogP contribution is 2.12. The largest absolute Gasteiger partial charge is 0.389 e. The van der Waals surface area contributed by atoms with Crippen LogP contribution in [-0.2, 0) is 0 Å². The average Bonchev–Trinajstić information content (AvgIpc) is 2.45. The van der Waals surface area contributed by atoms with Gasteiger partial charge in [0, 0.05) is 6.54 Å². The van der Waals surface area contributed by atoms with Gasteiger partial charge in [-0.3, -0.25) is 0 Å². The van der Waals surface area contributed by atoms with Gasteiger partial charge in [0.25, 0.3) is 0 Å². The van der Waals surface area contributed by atoms with Crippen LogP contribution < -0.4 is 5.32 Å². The first-order valence-corrected chi connectivity index (χ1v) is 9.99. The summed E-state index contributed by atoms with van der Waals surface area (Å²) in [5.74, 6) is 0. The Labute approximate surface area is 140 Å². The van der Waals surface area contributed by atoms with Crippen LogP contribution in [0.1, 0.15) is 111 Å². The molecule has 22 heavy (non-hydrogen) atoms. The van der Waals surface area contributed by atoms with Gasteiger partial charge in [0.15, 0.2) is 0 Å². The highest BCUT2D eigenvalue weighted by Gasteiger charge is 2.10. The summed E-state index contributed by atoms with van der Waals surface area (Å²) in [5.41, 5.74) is -0.573. The first-order chi connectivity index (χ1) is 10.6. The fourth-order valence-corrected chi connectivity index (χ4v) is 2.84. The molecule has 0 heterocycles. The molecule has 0 aliphatic heterocycles. The second kappa shape index (κ2) is 15.8. The van der Waals surface area contributed by atoms with E-state index in [0.29, 0.717) is 6.54 Å². The summed E-state index contributed by atoms with van der Waals surface area (Å²) in [6.07, 6.45) is 19.7. The molecule has 0 atom stereocenters. The number of hydrogen-bond donors (Lipinski definition) is 2. The minimum Gasteiger partial charge on any atom is -0.389 e. The van der Waals surface area contributed by atoms with Gasteiger partial charge in [0.05, 0.1) is 5.60 Å². The van der Waals surface area contributed by atoms with Crippen LogP contribution in [0.25, 0.3) is 0 Å². The minimum atomic E-state index is -0.573. The number of aliphatic hydroxyl groups is 1. The van der Waals surface area contributed by atoms with Gasteiger partial charge in [-0.1, -0.05) is 90.4 Å². The molecule has 0 aliphatic rings. The molecule has 0 fully saturated rings. The van der Waals surface area contributed by atoms with E-state index in [1.165, 1.54) is 89.9 Å². The summed E-state index contributed by atoms with van der Waals surface area (Å²) in [5, 5.41) is 12.9. The van der Waals surface area contributed by atoms with Crippen molar-refractivity contribution in [3.05, 3.63) is 0 Å². The van der Waals surface area contributed by atoms with Crippen LogP contribution in [0.15, 0.2) is 0 Å². The Morgan fingerprint density at radius 1 is 0.636 bits per heavy atom. The van der Waals surface area contributed by atoms with Crippen molar-refractivity contribution >= 4 is 0 Å². The van der Waals surface area contributed by atoms with E-state index in [-0.39, 0.29) is 0 Å². The van der Waals surface area contributed by atoms with Gasteiger partial charge in [0.2, 0.25) is 0 Å². The molecule has 0 saturated carbocycles. The van der Waals surface area contributed by atoms with Crippen molar-refractivity contribution in [1.82, 2.24) is 5.32 Å². The second-order valence-electron chi connectivity index (χ2n) is 7.59. The number of unbranched alkanes of at least 4 members (excludes halogenated alkanes) is 13. The van der Waals surface area contributed by atoms with Crippen LogP contribution in [0, 0.1) is 0 Å². The summed E-state index contributed by atoms with van der Waals surface area (Å²) >= 11 is 0. The van der Waals surface area contributed by atoms with Gasteiger partial charge in [-0.15, -0.1) is 0 Å². The van der Waals surface area contributed by atoms with Gasteiger partial charge in [-0.25, -0.2) is 0 Å². The smallest absolute Gasteiger partial charge is 0.0715 e. The Balaban J connectivity index is 3.00. The van der Waals surface area contributed by atoms with Gasteiger partial charge in [-0.05, 0) is 26.8 Å². The predicted molar refractivity (Wildman–Crippen MR) is 99.5 cm³/mol. The lowest BCUT2D eigenvalue weighted by molar-refractivity contribution is 0.0799. The van der Waals surface area contributed by atoms with Crippen LogP contribution in [0.2, 0.25) is 0 Å². The summed E-state index contributed by atoms with van der Waals surface area (Å²) in [7, 11) is 0. The first-order valence-electron chi connectivity index (χ1n) is 9.99. The van der Waals surface area contributed by atoms with E-state index < -0.39 is 5.60 Å². The van der Waals surface area contributed by atoms with E-state index in [1.807, 2.05) is 13.8 Å². The van der Waals surface area contributed by atoms with Crippen LogP contribution >= 0.6 is 0 Å². The third kappa shape index (κ3) is 19.9. The normalized spacial score (nSPS) is 12.0. The zero-order valence-electron chi connectivity index (χ0n) is 15.8. The zero-order chi connectivity index (χ0) is 16.5. The minimum absolute atomic E-state index is 0.573. The Morgan fingerprint density at radius 3 is 1.36 bits per heavy atom. The lowest BCUT2D eigenvalue weighted by Gasteiger charge is -2.17. The molecule has 0 saturated heterocycles. The van der Waals surface area contributed by atoms with Crippen molar-refractivity contribution in [2.24, 2.45) is 0 Å². The molecule has 0 unspecified atom stereocenters. The quantitative estimate of drug-likeness (QED) is 0.331. The molecule has 0 radical (unpaired) electrons. The Morgan fingerprint density at radius 2 is 1.00 bits per heavy atom. The van der Waals surface area contributed by atoms with Crippen LogP contribution in [0.5, 0.6) is 0 Å². The standard InChI is InChI=1S/C20H43NO/c1-4-5-6-7-8-9-10-11-12-13-14-15-16-17-18-21-19-20(2,3)22/h21-22H,4-19H2,1-3H3. The molecule has 0 spiro atoms. The molecule has 0 bridgehead atoms. The predicted octanol–water partition coefficient (Wildman–Crippen LogP) is 5.83. The fourth-order valence-electron chi connectivity index (χ4n) is 2.84. The third-order valence-corrected chi connectivity index (χ3v) is 4.26. The Kier molecular flexibility index (Phi) is 15.7. The maximum Gasteiger partial charge on any atom is 0.0715 e. The summed E-state index contributed by atoms with van der Waals surface area (Å²) in [6.45, 7) is 7.73. The molecule has 0 rings (SSSR count). The van der Waals surface area contributed by atoms with Gasteiger partial charge >= 0.3 is 0 Å². The molecule has 0 aromatic carbocycles. The lowest BCUT2D eigenvalue weighted by atomic mass is 10.0. The molecule has 134 valence electrons. The lowest BCUT2D eigenvalue weighted by Crippen LogP contribution is -2.35. The van der Waals surface area contributed by atoms with Crippen molar-refractivity contribution in [3.63, 3.8) is 0 Å². The molecular weight excluding hydrogens is 270 g/mol. The number of hydrogen-bond acceptors (Lipinski definition) is 2. The van der Waals surface area contributed by atoms with Crippen molar-refractivity contribution in [2.45, 2.75) is 116 Å². The van der Waals surface area contributed by atoms with Gasteiger partial charge in [0.1, 0.15) is 0 Å². The molecular formula is C20H43NO. The maximum atomic E-state index is 9.57. The molecule has 0 aromatic heterocycles. The van der Waals surface area contributed by atoms with Crippen LogP contribution in [0.3, 0.4) is 0 Å². The second-order valence-corrected chi connectivity index (χ2v) is 7.59. The van der Waals surface area contributed by atoms with Gasteiger partial charge in [-0.2, -0.15) is 0 Å². The van der Waals surface area contributed by atoms with Crippen molar-refractivity contribution < 1.29 is 5.11 Å². The monoisotopic (exact) mass is 313 g/mol. The van der Waals surface area contributed by atoms with E-state index in [9.17, 15) is 5.11 Å². The van der Waals surface area contributed by atoms with E-state index >= 15 is 0 Å². The first kappa shape index (κ1) is 21.9. The highest BCUT2D eigenvalue weighted by molar-refractivity contribution is 4.67. The van der Waals surface area contributed by atoms with Crippen molar-refractivity contribution in [2.75, 3.05) is 13.1 Å². The highest BCUT2D eigenvalue weighted by atomic mass is 16.3. The average molecular weight is 314 g/mol. The van der Waals surface area contributed by atoms with E-state index in [0.717, 1.165) is 6.54 Å². The third-order valence-electron chi connectivity index (χ3n) is 4.26.